The number of benzene rings is 1. The molecule has 2 aromatic rings. The van der Waals surface area contributed by atoms with E-state index in [1.807, 2.05) is 44.2 Å². The monoisotopic (exact) mass is 228 g/mol. The molecule has 0 unspecified atom stereocenters. The van der Waals surface area contributed by atoms with Crippen LogP contribution in [0.25, 0.3) is 10.9 Å². The maximum atomic E-state index is 12.1. The highest BCUT2D eigenvalue weighted by Crippen LogP contribution is 2.16. The molecule has 0 saturated heterocycles. The fraction of sp³-hybridized carbons (Fsp3) is 0.286. The Kier molecular flexibility index (Phi) is 3.49. The van der Waals surface area contributed by atoms with E-state index < -0.39 is 0 Å². The van der Waals surface area contributed by atoms with E-state index in [4.69, 9.17) is 0 Å². The fourth-order valence-corrected chi connectivity index (χ4v) is 1.74. The first kappa shape index (κ1) is 11.7. The van der Waals surface area contributed by atoms with E-state index >= 15 is 0 Å². The quantitative estimate of drug-likeness (QED) is 0.817. The number of carbonyl (C=O) groups excluding carboxylic acids is 1. The van der Waals surface area contributed by atoms with Crippen molar-refractivity contribution in [2.45, 2.75) is 19.9 Å². The van der Waals surface area contributed by atoms with Gasteiger partial charge in [0.05, 0.1) is 12.1 Å². The van der Waals surface area contributed by atoms with Gasteiger partial charge in [-0.1, -0.05) is 32.0 Å². The lowest BCUT2D eigenvalue weighted by Gasteiger charge is -2.08. The number of fused-ring (bicyclic) bond motifs is 1. The van der Waals surface area contributed by atoms with E-state index in [0.717, 1.165) is 16.5 Å². The third-order valence-corrected chi connectivity index (χ3v) is 2.62. The molecular formula is C14H16N2O. The van der Waals surface area contributed by atoms with Crippen LogP contribution < -0.4 is 5.32 Å². The van der Waals surface area contributed by atoms with Crippen LogP contribution in [0.2, 0.25) is 0 Å². The zero-order valence-electron chi connectivity index (χ0n) is 10.1. The third-order valence-electron chi connectivity index (χ3n) is 2.62. The topological polar surface area (TPSA) is 42.0 Å². The van der Waals surface area contributed by atoms with Gasteiger partial charge in [0.15, 0.2) is 5.78 Å². The van der Waals surface area contributed by atoms with Crippen molar-refractivity contribution in [1.29, 1.82) is 0 Å². The van der Waals surface area contributed by atoms with Crippen molar-refractivity contribution in [1.82, 2.24) is 10.3 Å². The number of hydrogen-bond acceptors (Lipinski definition) is 3. The minimum Gasteiger partial charge on any atom is -0.307 e. The van der Waals surface area contributed by atoms with Crippen LogP contribution in [0.5, 0.6) is 0 Å². The highest BCUT2D eigenvalue weighted by Gasteiger charge is 2.10. The summed E-state index contributed by atoms with van der Waals surface area (Å²) in [5, 5.41) is 4.06. The third kappa shape index (κ3) is 2.68. The summed E-state index contributed by atoms with van der Waals surface area (Å²) in [6, 6.07) is 9.75. The molecule has 1 N–H and O–H groups in total. The number of nitrogens with one attached hydrogen (secondary N) is 1. The van der Waals surface area contributed by atoms with Gasteiger partial charge < -0.3 is 5.32 Å². The maximum absolute atomic E-state index is 12.1. The molecule has 3 heteroatoms. The van der Waals surface area contributed by atoms with E-state index in [1.165, 1.54) is 0 Å². The highest BCUT2D eigenvalue weighted by atomic mass is 16.1. The number of ketones is 1. The van der Waals surface area contributed by atoms with Gasteiger partial charge in [-0.25, -0.2) is 0 Å². The number of hydrogen-bond donors (Lipinski definition) is 1. The molecular weight excluding hydrogens is 212 g/mol. The Bertz CT molecular complexity index is 529. The van der Waals surface area contributed by atoms with Gasteiger partial charge in [-0.3, -0.25) is 9.78 Å². The molecule has 0 saturated carbocycles. The molecule has 1 aromatic heterocycles. The summed E-state index contributed by atoms with van der Waals surface area (Å²) < 4.78 is 0. The Morgan fingerprint density at radius 2 is 2.12 bits per heavy atom. The zero-order valence-corrected chi connectivity index (χ0v) is 10.1. The van der Waals surface area contributed by atoms with Gasteiger partial charge >= 0.3 is 0 Å². The van der Waals surface area contributed by atoms with Crippen LogP contribution in [0.15, 0.2) is 36.5 Å². The lowest BCUT2D eigenvalue weighted by Crippen LogP contribution is -2.29. The molecule has 17 heavy (non-hydrogen) atoms. The predicted octanol–water partition coefficient (Wildman–Crippen LogP) is 2.42. The molecule has 88 valence electrons. The molecule has 0 aliphatic heterocycles. The lowest BCUT2D eigenvalue weighted by atomic mass is 10.0. The first-order valence-electron chi connectivity index (χ1n) is 5.79. The molecule has 0 spiro atoms. The Morgan fingerprint density at radius 3 is 2.88 bits per heavy atom. The molecule has 0 atom stereocenters. The fourth-order valence-electron chi connectivity index (χ4n) is 1.74. The van der Waals surface area contributed by atoms with Crippen molar-refractivity contribution >= 4 is 16.7 Å². The second kappa shape index (κ2) is 5.06. The van der Waals surface area contributed by atoms with Crippen molar-refractivity contribution in [3.8, 4) is 0 Å². The van der Waals surface area contributed by atoms with Gasteiger partial charge in [0.2, 0.25) is 0 Å². The molecule has 0 fully saturated rings. The Morgan fingerprint density at radius 1 is 1.29 bits per heavy atom. The van der Waals surface area contributed by atoms with Gasteiger partial charge in [-0.2, -0.15) is 0 Å². The number of Topliss-reactive ketones (excluding diaryl/α,β-unsaturated/α-hetero) is 1. The van der Waals surface area contributed by atoms with Crippen LogP contribution in [-0.2, 0) is 0 Å². The van der Waals surface area contributed by atoms with Crippen LogP contribution in [0.4, 0.5) is 0 Å². The number of nitrogens with zero attached hydrogens (tertiary/aromatic N) is 1. The maximum Gasteiger partial charge on any atom is 0.177 e. The highest BCUT2D eigenvalue weighted by molar-refractivity contribution is 6.08. The van der Waals surface area contributed by atoms with Crippen molar-refractivity contribution in [2.24, 2.45) is 0 Å². The van der Waals surface area contributed by atoms with Crippen LogP contribution in [0, 0.1) is 0 Å². The largest absolute Gasteiger partial charge is 0.307 e. The van der Waals surface area contributed by atoms with Crippen molar-refractivity contribution in [3.05, 3.63) is 42.1 Å². The zero-order chi connectivity index (χ0) is 12.3. The summed E-state index contributed by atoms with van der Waals surface area (Å²) in [6.45, 7) is 4.42. The number of pyridine rings is 1. The minimum atomic E-state index is 0.109. The van der Waals surface area contributed by atoms with E-state index in [9.17, 15) is 4.79 Å². The molecule has 1 heterocycles. The Balaban J connectivity index is 2.32. The van der Waals surface area contributed by atoms with Gasteiger partial charge in [-0.15, -0.1) is 0 Å². The molecule has 2 rings (SSSR count). The van der Waals surface area contributed by atoms with E-state index in [1.54, 1.807) is 6.20 Å². The summed E-state index contributed by atoms with van der Waals surface area (Å²) in [6.07, 6.45) is 1.74. The van der Waals surface area contributed by atoms with E-state index in [-0.39, 0.29) is 5.78 Å². The summed E-state index contributed by atoms with van der Waals surface area (Å²) in [7, 11) is 0. The first-order valence-corrected chi connectivity index (χ1v) is 5.79. The number of carbonyl (C=O) groups is 1. The predicted molar refractivity (Wildman–Crippen MR) is 69.2 cm³/mol. The van der Waals surface area contributed by atoms with Crippen molar-refractivity contribution < 1.29 is 4.79 Å². The van der Waals surface area contributed by atoms with E-state index in [0.29, 0.717) is 12.6 Å². The normalized spacial score (nSPS) is 11.0. The van der Waals surface area contributed by atoms with Crippen LogP contribution in [0.1, 0.15) is 24.2 Å². The summed E-state index contributed by atoms with van der Waals surface area (Å²) >= 11 is 0. The number of rotatable bonds is 4. The second-order valence-corrected chi connectivity index (χ2v) is 4.33. The van der Waals surface area contributed by atoms with E-state index in [2.05, 4.69) is 10.3 Å². The van der Waals surface area contributed by atoms with Crippen molar-refractivity contribution in [3.63, 3.8) is 0 Å². The summed E-state index contributed by atoms with van der Waals surface area (Å²) in [5.41, 5.74) is 1.60. The molecule has 0 aliphatic carbocycles. The number of aromatic nitrogens is 1. The minimum absolute atomic E-state index is 0.109. The molecule has 0 amide bonds. The molecule has 0 aliphatic rings. The average Bonchev–Trinajstić information content (AvgIpc) is 2.35. The molecule has 3 nitrogen and oxygen atoms in total. The summed E-state index contributed by atoms with van der Waals surface area (Å²) in [5.74, 6) is 0.109. The SMILES string of the molecule is CC(C)NCC(=O)c1cccc2ncccc12. The summed E-state index contributed by atoms with van der Waals surface area (Å²) in [4.78, 5) is 16.3. The second-order valence-electron chi connectivity index (χ2n) is 4.33. The van der Waals surface area contributed by atoms with Crippen molar-refractivity contribution in [2.75, 3.05) is 6.54 Å². The Labute approximate surface area is 101 Å². The molecule has 0 bridgehead atoms. The van der Waals surface area contributed by atoms with Gasteiger partial charge in [0, 0.05) is 23.2 Å². The van der Waals surface area contributed by atoms with Crippen LogP contribution in [0.3, 0.4) is 0 Å². The first-order chi connectivity index (χ1) is 8.18. The molecule has 1 aromatic carbocycles. The lowest BCUT2D eigenvalue weighted by molar-refractivity contribution is 0.0990. The smallest absolute Gasteiger partial charge is 0.177 e. The standard InChI is InChI=1S/C14H16N2O/c1-10(2)16-9-14(17)12-5-3-7-13-11(12)6-4-8-15-13/h3-8,10,16H,9H2,1-2H3. The average molecular weight is 228 g/mol. The van der Waals surface area contributed by atoms with Gasteiger partial charge in [-0.05, 0) is 12.1 Å². The van der Waals surface area contributed by atoms with Crippen LogP contribution in [-0.4, -0.2) is 23.4 Å². The Hall–Kier alpha value is -1.74. The van der Waals surface area contributed by atoms with Crippen LogP contribution >= 0.6 is 0 Å². The van der Waals surface area contributed by atoms with Gasteiger partial charge in [0.25, 0.3) is 0 Å². The van der Waals surface area contributed by atoms with Gasteiger partial charge in [0.1, 0.15) is 0 Å². The molecule has 0 radical (unpaired) electrons.